The molecule has 196 valence electrons. The van der Waals surface area contributed by atoms with Gasteiger partial charge in [0.15, 0.2) is 0 Å². The maximum Gasteiger partial charge on any atom is 0.416 e. The van der Waals surface area contributed by atoms with Crippen LogP contribution in [0.15, 0.2) is 48.5 Å². The number of hydrogen-bond donors (Lipinski definition) is 3. The van der Waals surface area contributed by atoms with E-state index in [0.717, 1.165) is 12.1 Å². The number of benzene rings is 3. The van der Waals surface area contributed by atoms with Crippen molar-refractivity contribution in [1.29, 1.82) is 5.26 Å². The lowest BCUT2D eigenvalue weighted by Gasteiger charge is -2.24. The van der Waals surface area contributed by atoms with Crippen LogP contribution in [0.3, 0.4) is 0 Å². The Morgan fingerprint density at radius 2 is 1.82 bits per heavy atom. The number of fused-ring (bicyclic) bond motifs is 1. The van der Waals surface area contributed by atoms with Crippen molar-refractivity contribution < 1.29 is 36.6 Å². The van der Waals surface area contributed by atoms with Crippen molar-refractivity contribution in [3.05, 3.63) is 98.6 Å². The van der Waals surface area contributed by atoms with Crippen LogP contribution in [0.5, 0.6) is 0 Å². The summed E-state index contributed by atoms with van der Waals surface area (Å²) < 4.78 is 67.6. The molecule has 1 aliphatic rings. The number of aliphatic hydroxyl groups is 1. The van der Waals surface area contributed by atoms with E-state index in [1.54, 1.807) is 6.07 Å². The maximum atomic E-state index is 14.1. The van der Waals surface area contributed by atoms with Gasteiger partial charge in [0.05, 0.1) is 29.7 Å². The molecule has 3 aromatic carbocycles. The molecule has 1 aliphatic heterocycles. The summed E-state index contributed by atoms with van der Waals surface area (Å²) in [5, 5.41) is 25.0. The van der Waals surface area contributed by atoms with Crippen molar-refractivity contribution in [3.8, 4) is 6.07 Å². The zero-order chi connectivity index (χ0) is 28.0. The van der Waals surface area contributed by atoms with Crippen LogP contribution in [-0.2, 0) is 11.8 Å². The Bertz CT molecular complexity index is 1520. The fourth-order valence-electron chi connectivity index (χ4n) is 4.15. The number of carbonyl (C=O) groups excluding carboxylic acids is 2. The zero-order valence-corrected chi connectivity index (χ0v) is 20.1. The molecule has 38 heavy (non-hydrogen) atoms. The van der Waals surface area contributed by atoms with E-state index in [0.29, 0.717) is 12.1 Å². The van der Waals surface area contributed by atoms with E-state index in [4.69, 9.17) is 16.9 Å². The van der Waals surface area contributed by atoms with E-state index < -0.39 is 58.8 Å². The molecule has 0 spiro atoms. The quantitative estimate of drug-likeness (QED) is 0.348. The van der Waals surface area contributed by atoms with Crippen LogP contribution in [0.1, 0.15) is 62.4 Å². The smallest absolute Gasteiger partial charge is 0.384 e. The van der Waals surface area contributed by atoms with Gasteiger partial charge < -0.3 is 15.7 Å². The van der Waals surface area contributed by atoms with Gasteiger partial charge in [-0.05, 0) is 61.0 Å². The van der Waals surface area contributed by atoms with Gasteiger partial charge in [-0.1, -0.05) is 11.6 Å². The highest BCUT2D eigenvalue weighted by Gasteiger charge is 2.37. The van der Waals surface area contributed by atoms with Crippen LogP contribution in [-0.4, -0.2) is 16.9 Å². The first kappa shape index (κ1) is 27.0. The molecule has 2 atom stereocenters. The minimum Gasteiger partial charge on any atom is -0.384 e. The fourth-order valence-corrected chi connectivity index (χ4v) is 4.38. The van der Waals surface area contributed by atoms with Crippen molar-refractivity contribution in [2.24, 2.45) is 0 Å². The molecule has 0 bridgehead atoms. The number of hydrogen-bond acceptors (Lipinski definition) is 4. The molecular weight excluding hydrogens is 533 g/mol. The van der Waals surface area contributed by atoms with E-state index in [9.17, 15) is 36.6 Å². The maximum absolute atomic E-state index is 14.1. The number of alkyl halides is 3. The van der Waals surface area contributed by atoms with Crippen LogP contribution >= 0.6 is 11.6 Å². The summed E-state index contributed by atoms with van der Waals surface area (Å²) in [7, 11) is 0. The Balaban J connectivity index is 1.88. The predicted octanol–water partition coefficient (Wildman–Crippen LogP) is 5.84. The Labute approximate surface area is 217 Å². The Kier molecular flexibility index (Phi) is 6.90. The van der Waals surface area contributed by atoms with E-state index in [1.807, 2.05) is 0 Å². The van der Waals surface area contributed by atoms with Gasteiger partial charge in [0.1, 0.15) is 11.6 Å². The van der Waals surface area contributed by atoms with Crippen molar-refractivity contribution >= 4 is 29.1 Å². The first-order chi connectivity index (χ1) is 17.7. The molecule has 2 amide bonds. The summed E-state index contributed by atoms with van der Waals surface area (Å²) in [5.74, 6) is -3.81. The minimum absolute atomic E-state index is 0.0319. The first-order valence-corrected chi connectivity index (χ1v) is 11.3. The molecule has 4 rings (SSSR count). The van der Waals surface area contributed by atoms with Gasteiger partial charge in [0.2, 0.25) is 0 Å². The van der Waals surface area contributed by atoms with Crippen LogP contribution in [0.2, 0.25) is 5.02 Å². The number of carbonyl (C=O) groups is 2. The second kappa shape index (κ2) is 9.70. The molecule has 3 aromatic rings. The lowest BCUT2D eigenvalue weighted by Crippen LogP contribution is -2.22. The largest absolute Gasteiger partial charge is 0.416 e. The number of rotatable bonds is 5. The Morgan fingerprint density at radius 1 is 1.11 bits per heavy atom. The predicted molar refractivity (Wildman–Crippen MR) is 126 cm³/mol. The van der Waals surface area contributed by atoms with E-state index >= 15 is 0 Å². The number of nitriles is 1. The molecule has 0 aliphatic carbocycles. The molecule has 0 aromatic heterocycles. The SMILES string of the molecule is C[C@@](O)(CC#N)c1cc(NC(=O)c2cc(F)cc(C(F)(F)F)c2)c2c(c1)C(=O)N[C@H]2c1cc(F)ccc1Cl. The lowest BCUT2D eigenvalue weighted by molar-refractivity contribution is -0.137. The third kappa shape index (κ3) is 5.18. The number of halogens is 6. The molecule has 0 unspecified atom stereocenters. The third-order valence-corrected chi connectivity index (χ3v) is 6.38. The number of anilines is 1. The van der Waals surface area contributed by atoms with Crippen molar-refractivity contribution in [3.63, 3.8) is 0 Å². The van der Waals surface area contributed by atoms with E-state index in [2.05, 4.69) is 10.6 Å². The molecule has 3 N–H and O–H groups in total. The normalized spacial score (nSPS) is 16.3. The number of nitrogens with zero attached hydrogens (tertiary/aromatic N) is 1. The van der Waals surface area contributed by atoms with Gasteiger partial charge in [0.25, 0.3) is 11.8 Å². The third-order valence-electron chi connectivity index (χ3n) is 6.04. The van der Waals surface area contributed by atoms with Gasteiger partial charge >= 0.3 is 6.18 Å². The summed E-state index contributed by atoms with van der Waals surface area (Å²) in [6, 6.07) is 7.94. The molecule has 12 heteroatoms. The van der Waals surface area contributed by atoms with Crippen LogP contribution in [0.25, 0.3) is 0 Å². The number of amides is 2. The van der Waals surface area contributed by atoms with Crippen molar-refractivity contribution in [1.82, 2.24) is 5.32 Å². The summed E-state index contributed by atoms with van der Waals surface area (Å²) in [5.41, 5.74) is -3.82. The minimum atomic E-state index is -4.93. The summed E-state index contributed by atoms with van der Waals surface area (Å²) in [6.45, 7) is 1.29. The molecular formula is C26H17ClF5N3O3. The zero-order valence-electron chi connectivity index (χ0n) is 19.4. The van der Waals surface area contributed by atoms with Gasteiger partial charge in [-0.3, -0.25) is 9.59 Å². The molecule has 0 saturated carbocycles. The van der Waals surface area contributed by atoms with E-state index in [-0.39, 0.29) is 39.0 Å². The van der Waals surface area contributed by atoms with Gasteiger partial charge in [-0.25, -0.2) is 8.78 Å². The highest BCUT2D eigenvalue weighted by Crippen LogP contribution is 2.42. The van der Waals surface area contributed by atoms with Gasteiger partial charge in [0, 0.05) is 33.0 Å². The van der Waals surface area contributed by atoms with Crippen molar-refractivity contribution in [2.75, 3.05) is 5.32 Å². The van der Waals surface area contributed by atoms with E-state index in [1.165, 1.54) is 25.1 Å². The van der Waals surface area contributed by atoms with Crippen LogP contribution < -0.4 is 10.6 Å². The van der Waals surface area contributed by atoms with Crippen LogP contribution in [0, 0.1) is 23.0 Å². The summed E-state index contributed by atoms with van der Waals surface area (Å²) >= 11 is 6.24. The van der Waals surface area contributed by atoms with Gasteiger partial charge in [-0.2, -0.15) is 18.4 Å². The Hall–Kier alpha value is -4.01. The van der Waals surface area contributed by atoms with Crippen molar-refractivity contribution in [2.45, 2.75) is 31.2 Å². The van der Waals surface area contributed by atoms with Crippen LogP contribution in [0.4, 0.5) is 27.6 Å². The topological polar surface area (TPSA) is 102 Å². The standard InChI is InChI=1S/C26H17ClF5N3O3/c1-25(38,4-5-33)13-9-18-21(22(35-24(18)37)17-11-15(28)2-3-19(17)27)20(10-13)34-23(36)12-6-14(26(30,31)32)8-16(29)7-12/h2-3,6-11,22,38H,4H2,1H3,(H,34,36)(H,35,37)/t22-,25+/m0/s1. The lowest BCUT2D eigenvalue weighted by atomic mass is 9.87. The monoisotopic (exact) mass is 549 g/mol. The first-order valence-electron chi connectivity index (χ1n) is 10.9. The average molecular weight is 550 g/mol. The second-order valence-electron chi connectivity index (χ2n) is 8.85. The second-order valence-corrected chi connectivity index (χ2v) is 9.25. The molecule has 0 fully saturated rings. The molecule has 0 radical (unpaired) electrons. The Morgan fingerprint density at radius 3 is 2.47 bits per heavy atom. The fraction of sp³-hybridized carbons (Fsp3) is 0.192. The molecule has 0 saturated heterocycles. The number of nitrogens with one attached hydrogen (secondary N) is 2. The van der Waals surface area contributed by atoms with Gasteiger partial charge in [-0.15, -0.1) is 0 Å². The summed E-state index contributed by atoms with van der Waals surface area (Å²) in [6.07, 6.45) is -5.33. The average Bonchev–Trinajstić information content (AvgIpc) is 3.16. The molecule has 6 nitrogen and oxygen atoms in total. The highest BCUT2D eigenvalue weighted by molar-refractivity contribution is 6.31. The highest BCUT2D eigenvalue weighted by atomic mass is 35.5. The summed E-state index contributed by atoms with van der Waals surface area (Å²) in [4.78, 5) is 25.9. The molecule has 1 heterocycles.